The second-order valence-corrected chi connectivity index (χ2v) is 5.80. The molecule has 2 atom stereocenters. The van der Waals surface area contributed by atoms with E-state index in [4.69, 9.17) is 14.3 Å². The Hall–Kier alpha value is -1.82. The Bertz CT molecular complexity index is 561. The molecule has 0 saturated heterocycles. The predicted molar refractivity (Wildman–Crippen MR) is 80.0 cm³/mol. The number of carboxylic acids is 1. The van der Waals surface area contributed by atoms with Crippen molar-refractivity contribution in [3.05, 3.63) is 23.7 Å². The van der Waals surface area contributed by atoms with Crippen LogP contribution < -0.4 is 0 Å². The summed E-state index contributed by atoms with van der Waals surface area (Å²) in [5, 5.41) is 8.88. The number of rotatable bonds is 6. The maximum absolute atomic E-state index is 12.5. The Morgan fingerprint density at radius 3 is 2.41 bits per heavy atom. The minimum absolute atomic E-state index is 0.0542. The minimum atomic E-state index is -1.18. The van der Waals surface area contributed by atoms with Gasteiger partial charge in [0.1, 0.15) is 0 Å². The van der Waals surface area contributed by atoms with Crippen molar-refractivity contribution in [2.24, 2.45) is 5.41 Å². The number of nitrogens with zero attached hydrogens (tertiary/aromatic N) is 1. The van der Waals surface area contributed by atoms with E-state index in [1.807, 2.05) is 0 Å². The number of hydrogen-bond donors (Lipinski definition) is 1. The van der Waals surface area contributed by atoms with Crippen LogP contribution in [0.2, 0.25) is 0 Å². The fourth-order valence-electron chi connectivity index (χ4n) is 3.66. The highest BCUT2D eigenvalue weighted by atomic mass is 16.5. The average molecular weight is 309 g/mol. The van der Waals surface area contributed by atoms with Gasteiger partial charge in [0, 0.05) is 25.6 Å². The third-order valence-electron chi connectivity index (χ3n) is 5.16. The van der Waals surface area contributed by atoms with Gasteiger partial charge in [-0.2, -0.15) is 0 Å². The number of ether oxygens (including phenoxy) is 1. The van der Waals surface area contributed by atoms with Crippen LogP contribution in [-0.2, 0) is 4.74 Å². The molecule has 0 spiro atoms. The maximum atomic E-state index is 12.5. The summed E-state index contributed by atoms with van der Waals surface area (Å²) in [6, 6.07) is 2.78. The standard InChI is InChI=1S/C16H23NO5/c1-5-16(6-2)12(9-13(16)21-4)17(3)14(18)10-7-8-11(22-10)15(19)20/h7-8,12-13H,5-6,9H2,1-4H3,(H,19,20). The number of furan rings is 1. The summed E-state index contributed by atoms with van der Waals surface area (Å²) in [7, 11) is 3.44. The molecule has 1 fully saturated rings. The summed E-state index contributed by atoms with van der Waals surface area (Å²) in [5.74, 6) is -1.64. The van der Waals surface area contributed by atoms with E-state index in [2.05, 4.69) is 13.8 Å². The summed E-state index contributed by atoms with van der Waals surface area (Å²) in [4.78, 5) is 25.0. The van der Waals surface area contributed by atoms with Gasteiger partial charge in [0.2, 0.25) is 5.76 Å². The van der Waals surface area contributed by atoms with Crippen LogP contribution in [0.25, 0.3) is 0 Å². The zero-order chi connectivity index (χ0) is 16.5. The van der Waals surface area contributed by atoms with Gasteiger partial charge >= 0.3 is 5.97 Å². The normalized spacial score (nSPS) is 22.9. The predicted octanol–water partition coefficient (Wildman–Crippen LogP) is 2.64. The van der Waals surface area contributed by atoms with Gasteiger partial charge in [0.05, 0.1) is 6.10 Å². The summed E-state index contributed by atoms with van der Waals surface area (Å²) >= 11 is 0. The van der Waals surface area contributed by atoms with Crippen molar-refractivity contribution < 1.29 is 23.8 Å². The lowest BCUT2D eigenvalue weighted by atomic mass is 9.58. The molecule has 0 radical (unpaired) electrons. The molecule has 22 heavy (non-hydrogen) atoms. The molecule has 2 rings (SSSR count). The van der Waals surface area contributed by atoms with Crippen molar-refractivity contribution in [2.75, 3.05) is 14.2 Å². The molecule has 1 aromatic rings. The summed E-state index contributed by atoms with van der Waals surface area (Å²) < 4.78 is 10.7. The van der Waals surface area contributed by atoms with Crippen LogP contribution in [0.4, 0.5) is 0 Å². The van der Waals surface area contributed by atoms with Gasteiger partial charge in [-0.05, 0) is 31.4 Å². The fourth-order valence-corrected chi connectivity index (χ4v) is 3.66. The first-order valence-electron chi connectivity index (χ1n) is 7.54. The molecule has 2 unspecified atom stereocenters. The van der Waals surface area contributed by atoms with E-state index in [0.29, 0.717) is 0 Å². The number of methoxy groups -OCH3 is 1. The Kier molecular flexibility index (Phi) is 4.60. The highest BCUT2D eigenvalue weighted by Crippen LogP contribution is 2.51. The first-order chi connectivity index (χ1) is 10.4. The van der Waals surface area contributed by atoms with E-state index in [9.17, 15) is 9.59 Å². The third kappa shape index (κ3) is 2.41. The van der Waals surface area contributed by atoms with Crippen molar-refractivity contribution in [1.82, 2.24) is 4.90 Å². The van der Waals surface area contributed by atoms with E-state index in [0.717, 1.165) is 19.3 Å². The molecule has 1 heterocycles. The molecule has 6 heteroatoms. The number of carbonyl (C=O) groups excluding carboxylic acids is 1. The van der Waals surface area contributed by atoms with Gasteiger partial charge in [0.15, 0.2) is 5.76 Å². The highest BCUT2D eigenvalue weighted by Gasteiger charge is 2.55. The van der Waals surface area contributed by atoms with Gasteiger partial charge in [-0.15, -0.1) is 0 Å². The topological polar surface area (TPSA) is 80.0 Å². The fraction of sp³-hybridized carbons (Fsp3) is 0.625. The smallest absolute Gasteiger partial charge is 0.371 e. The lowest BCUT2D eigenvalue weighted by Gasteiger charge is -2.57. The first kappa shape index (κ1) is 16.5. The van der Waals surface area contributed by atoms with Gasteiger partial charge < -0.3 is 19.2 Å². The zero-order valence-electron chi connectivity index (χ0n) is 13.5. The molecule has 1 aliphatic rings. The van der Waals surface area contributed by atoms with Crippen molar-refractivity contribution in [1.29, 1.82) is 0 Å². The molecular formula is C16H23NO5. The van der Waals surface area contributed by atoms with Crippen LogP contribution in [0, 0.1) is 5.41 Å². The van der Waals surface area contributed by atoms with E-state index < -0.39 is 5.97 Å². The second-order valence-electron chi connectivity index (χ2n) is 5.80. The second kappa shape index (κ2) is 6.12. The van der Waals surface area contributed by atoms with Crippen molar-refractivity contribution in [3.63, 3.8) is 0 Å². The molecule has 122 valence electrons. The first-order valence-corrected chi connectivity index (χ1v) is 7.54. The molecule has 1 amide bonds. The van der Waals surface area contributed by atoms with Gasteiger partial charge in [-0.3, -0.25) is 4.79 Å². The largest absolute Gasteiger partial charge is 0.475 e. The van der Waals surface area contributed by atoms with Crippen LogP contribution in [0.15, 0.2) is 16.5 Å². The lowest BCUT2D eigenvalue weighted by molar-refractivity contribution is -0.147. The Morgan fingerprint density at radius 1 is 1.36 bits per heavy atom. The van der Waals surface area contributed by atoms with Crippen LogP contribution in [0.1, 0.15) is 54.2 Å². The van der Waals surface area contributed by atoms with Crippen LogP contribution in [0.3, 0.4) is 0 Å². The maximum Gasteiger partial charge on any atom is 0.371 e. The molecule has 1 aromatic heterocycles. The van der Waals surface area contributed by atoms with Crippen molar-refractivity contribution >= 4 is 11.9 Å². The molecule has 1 saturated carbocycles. The van der Waals surface area contributed by atoms with Gasteiger partial charge in [0.25, 0.3) is 5.91 Å². The monoisotopic (exact) mass is 309 g/mol. The number of amides is 1. The molecule has 6 nitrogen and oxygen atoms in total. The zero-order valence-corrected chi connectivity index (χ0v) is 13.5. The summed E-state index contributed by atoms with van der Waals surface area (Å²) in [5.41, 5.74) is -0.0542. The molecule has 0 aliphatic heterocycles. The molecule has 0 aromatic carbocycles. The van der Waals surface area contributed by atoms with Gasteiger partial charge in [-0.25, -0.2) is 4.79 Å². The van der Waals surface area contributed by atoms with E-state index in [-0.39, 0.29) is 35.0 Å². The molecule has 1 N–H and O–H groups in total. The van der Waals surface area contributed by atoms with Crippen LogP contribution >= 0.6 is 0 Å². The highest BCUT2D eigenvalue weighted by molar-refractivity contribution is 5.93. The lowest BCUT2D eigenvalue weighted by Crippen LogP contribution is -2.64. The van der Waals surface area contributed by atoms with Gasteiger partial charge in [-0.1, -0.05) is 13.8 Å². The number of hydrogen-bond acceptors (Lipinski definition) is 4. The Labute approximate surface area is 130 Å². The van der Waals surface area contributed by atoms with Crippen LogP contribution in [-0.4, -0.2) is 48.2 Å². The summed E-state index contributed by atoms with van der Waals surface area (Å²) in [6.07, 6.45) is 2.77. The molecule has 0 bridgehead atoms. The summed E-state index contributed by atoms with van der Waals surface area (Å²) in [6.45, 7) is 4.21. The number of aromatic carboxylic acids is 1. The van der Waals surface area contributed by atoms with E-state index in [1.165, 1.54) is 12.1 Å². The SMILES string of the molecule is CCC1(CC)C(OC)CC1N(C)C(=O)c1ccc(C(=O)O)o1. The Morgan fingerprint density at radius 2 is 1.95 bits per heavy atom. The molecule has 1 aliphatic carbocycles. The molecular weight excluding hydrogens is 286 g/mol. The quantitative estimate of drug-likeness (QED) is 0.873. The third-order valence-corrected chi connectivity index (χ3v) is 5.16. The number of carbonyl (C=O) groups is 2. The van der Waals surface area contributed by atoms with E-state index in [1.54, 1.807) is 19.1 Å². The van der Waals surface area contributed by atoms with Crippen LogP contribution in [0.5, 0.6) is 0 Å². The minimum Gasteiger partial charge on any atom is -0.475 e. The van der Waals surface area contributed by atoms with Crippen molar-refractivity contribution in [3.8, 4) is 0 Å². The Balaban J connectivity index is 2.18. The average Bonchev–Trinajstić information content (AvgIpc) is 2.97. The van der Waals surface area contributed by atoms with Crippen molar-refractivity contribution in [2.45, 2.75) is 45.3 Å². The number of carboxylic acid groups (broad SMARTS) is 1. The van der Waals surface area contributed by atoms with E-state index >= 15 is 0 Å².